The van der Waals surface area contributed by atoms with Gasteiger partial charge in [0.1, 0.15) is 0 Å². The number of benzene rings is 3. The number of aliphatic hydroxyl groups is 1. The molecule has 0 saturated carbocycles. The lowest BCUT2D eigenvalue weighted by molar-refractivity contribution is 0.112. The number of aliphatic hydroxyl groups excluding tert-OH is 1. The van der Waals surface area contributed by atoms with Gasteiger partial charge >= 0.3 is 0 Å². The third-order valence-corrected chi connectivity index (χ3v) is 4.49. The molecule has 0 aromatic heterocycles. The van der Waals surface area contributed by atoms with Crippen molar-refractivity contribution < 1.29 is 9.90 Å². The first-order valence-electron chi connectivity index (χ1n) is 6.49. The number of hydrogen-bond donors (Lipinski definition) is 1. The van der Waals surface area contributed by atoms with E-state index in [2.05, 4.69) is 0 Å². The Morgan fingerprint density at radius 1 is 0.900 bits per heavy atom. The van der Waals surface area contributed by atoms with Crippen LogP contribution in [0.3, 0.4) is 0 Å². The Kier molecular flexibility index (Phi) is 3.72. The molecule has 0 unspecified atom stereocenters. The molecule has 0 fully saturated rings. The molecule has 1 N–H and O–H groups in total. The lowest BCUT2D eigenvalue weighted by atomic mass is 9.97. The summed E-state index contributed by atoms with van der Waals surface area (Å²) in [6.45, 7) is 0.142. The molecule has 0 spiro atoms. The molecule has 0 saturated heterocycles. The van der Waals surface area contributed by atoms with Crippen molar-refractivity contribution in [1.29, 1.82) is 0 Å². The van der Waals surface area contributed by atoms with Crippen LogP contribution in [0.5, 0.6) is 0 Å². The van der Waals surface area contributed by atoms with Gasteiger partial charge in [-0.3, -0.25) is 4.79 Å². The minimum Gasteiger partial charge on any atom is -0.396 e. The highest BCUT2D eigenvalue weighted by molar-refractivity contribution is 7.99. The molecule has 0 radical (unpaired) electrons. The average Bonchev–Trinajstić information content (AvgIpc) is 2.51. The zero-order valence-corrected chi connectivity index (χ0v) is 11.7. The van der Waals surface area contributed by atoms with Crippen LogP contribution in [0.2, 0.25) is 0 Å². The van der Waals surface area contributed by atoms with Gasteiger partial charge in [0.25, 0.3) is 0 Å². The van der Waals surface area contributed by atoms with Crippen LogP contribution >= 0.6 is 11.8 Å². The molecular formula is C17H14O2S. The van der Waals surface area contributed by atoms with E-state index < -0.39 is 0 Å². The summed E-state index contributed by atoms with van der Waals surface area (Å²) in [4.78, 5) is 12.6. The minimum atomic E-state index is 0.142. The minimum absolute atomic E-state index is 0.142. The van der Waals surface area contributed by atoms with E-state index in [0.717, 1.165) is 38.3 Å². The number of aldehydes is 1. The fraction of sp³-hybridized carbons (Fsp3) is 0.118. The van der Waals surface area contributed by atoms with Crippen molar-refractivity contribution >= 4 is 39.6 Å². The van der Waals surface area contributed by atoms with Gasteiger partial charge in [-0.1, -0.05) is 48.5 Å². The number of carbonyl (C=O) groups excluding carboxylic acids is 1. The standard InChI is InChI=1S/C17H14O2S/c18-9-10-20-17-14-7-3-1-5-12(14)16(11-19)13-6-2-4-8-15(13)17/h1-8,11,18H,9-10H2. The third-order valence-electron chi connectivity index (χ3n) is 3.38. The fourth-order valence-corrected chi connectivity index (χ4v) is 3.51. The maximum Gasteiger partial charge on any atom is 0.151 e. The molecule has 3 heteroatoms. The van der Waals surface area contributed by atoms with E-state index in [1.54, 1.807) is 11.8 Å². The molecule has 3 rings (SSSR count). The zero-order valence-electron chi connectivity index (χ0n) is 10.9. The Balaban J connectivity index is 2.45. The molecule has 3 aromatic rings. The van der Waals surface area contributed by atoms with E-state index in [9.17, 15) is 4.79 Å². The van der Waals surface area contributed by atoms with E-state index in [4.69, 9.17) is 5.11 Å². The molecule has 100 valence electrons. The fourth-order valence-electron chi connectivity index (χ4n) is 2.55. The second-order valence-electron chi connectivity index (χ2n) is 4.52. The Bertz CT molecular complexity index is 723. The summed E-state index contributed by atoms with van der Waals surface area (Å²) in [7, 11) is 0. The Morgan fingerprint density at radius 3 is 1.85 bits per heavy atom. The summed E-state index contributed by atoms with van der Waals surface area (Å²) in [5.74, 6) is 0.647. The van der Waals surface area contributed by atoms with Crippen molar-refractivity contribution in [3.8, 4) is 0 Å². The maximum absolute atomic E-state index is 11.5. The summed E-state index contributed by atoms with van der Waals surface area (Å²) in [6.07, 6.45) is 0.936. The van der Waals surface area contributed by atoms with Gasteiger partial charge in [0.05, 0.1) is 6.61 Å². The van der Waals surface area contributed by atoms with Gasteiger partial charge in [-0.05, 0) is 21.5 Å². The van der Waals surface area contributed by atoms with Gasteiger partial charge in [0.2, 0.25) is 0 Å². The quantitative estimate of drug-likeness (QED) is 0.448. The van der Waals surface area contributed by atoms with Gasteiger partial charge < -0.3 is 5.11 Å². The van der Waals surface area contributed by atoms with Gasteiger partial charge in [0, 0.05) is 16.2 Å². The van der Waals surface area contributed by atoms with Gasteiger partial charge in [-0.2, -0.15) is 0 Å². The van der Waals surface area contributed by atoms with Crippen LogP contribution in [0, 0.1) is 0 Å². The second kappa shape index (κ2) is 5.65. The van der Waals surface area contributed by atoms with Crippen molar-refractivity contribution in [3.05, 3.63) is 54.1 Å². The Morgan fingerprint density at radius 2 is 1.40 bits per heavy atom. The highest BCUT2D eigenvalue weighted by atomic mass is 32.2. The van der Waals surface area contributed by atoms with Crippen molar-refractivity contribution in [2.75, 3.05) is 12.4 Å². The highest BCUT2D eigenvalue weighted by Gasteiger charge is 2.12. The molecule has 0 bridgehead atoms. The second-order valence-corrected chi connectivity index (χ2v) is 5.63. The van der Waals surface area contributed by atoms with Crippen molar-refractivity contribution in [3.63, 3.8) is 0 Å². The molecular weight excluding hydrogens is 268 g/mol. The number of thioether (sulfide) groups is 1. The molecule has 0 amide bonds. The predicted octanol–water partition coefficient (Wildman–Crippen LogP) is 3.89. The maximum atomic E-state index is 11.5. The molecule has 0 aliphatic carbocycles. The summed E-state index contributed by atoms with van der Waals surface area (Å²) in [5, 5.41) is 13.2. The number of hydrogen-bond acceptors (Lipinski definition) is 3. The molecule has 0 aliphatic rings. The third kappa shape index (κ3) is 2.09. The van der Waals surface area contributed by atoms with E-state index in [1.807, 2.05) is 48.5 Å². The van der Waals surface area contributed by atoms with Crippen LogP contribution < -0.4 is 0 Å². The first-order valence-corrected chi connectivity index (χ1v) is 7.47. The molecule has 3 aromatic carbocycles. The Labute approximate surface area is 121 Å². The van der Waals surface area contributed by atoms with Crippen LogP contribution in [0.15, 0.2) is 53.4 Å². The average molecular weight is 282 g/mol. The van der Waals surface area contributed by atoms with Gasteiger partial charge in [-0.15, -0.1) is 11.8 Å². The summed E-state index contributed by atoms with van der Waals surface area (Å²) in [6, 6.07) is 15.9. The van der Waals surface area contributed by atoms with Gasteiger partial charge in [0.15, 0.2) is 6.29 Å². The SMILES string of the molecule is O=Cc1c2ccccc2c(SCCO)c2ccccc12. The molecule has 0 atom stereocenters. The van der Waals surface area contributed by atoms with E-state index in [1.165, 1.54) is 0 Å². The van der Waals surface area contributed by atoms with Gasteiger partial charge in [-0.25, -0.2) is 0 Å². The molecule has 0 aliphatic heterocycles. The summed E-state index contributed by atoms with van der Waals surface area (Å²) in [5.41, 5.74) is 0.740. The predicted molar refractivity (Wildman–Crippen MR) is 84.7 cm³/mol. The monoisotopic (exact) mass is 282 g/mol. The smallest absolute Gasteiger partial charge is 0.151 e. The van der Waals surface area contributed by atoms with Crippen LogP contribution in [-0.4, -0.2) is 23.8 Å². The van der Waals surface area contributed by atoms with Crippen molar-refractivity contribution in [1.82, 2.24) is 0 Å². The van der Waals surface area contributed by atoms with Crippen LogP contribution in [0.25, 0.3) is 21.5 Å². The lowest BCUT2D eigenvalue weighted by Crippen LogP contribution is -1.92. The molecule has 2 nitrogen and oxygen atoms in total. The number of fused-ring (bicyclic) bond motifs is 2. The largest absolute Gasteiger partial charge is 0.396 e. The van der Waals surface area contributed by atoms with Crippen molar-refractivity contribution in [2.24, 2.45) is 0 Å². The van der Waals surface area contributed by atoms with Crippen molar-refractivity contribution in [2.45, 2.75) is 4.90 Å². The van der Waals surface area contributed by atoms with E-state index >= 15 is 0 Å². The highest BCUT2D eigenvalue weighted by Crippen LogP contribution is 2.37. The van der Waals surface area contributed by atoms with E-state index in [0.29, 0.717) is 5.75 Å². The lowest BCUT2D eigenvalue weighted by Gasteiger charge is -2.13. The van der Waals surface area contributed by atoms with Crippen LogP contribution in [-0.2, 0) is 0 Å². The number of rotatable bonds is 4. The molecule has 0 heterocycles. The topological polar surface area (TPSA) is 37.3 Å². The molecule has 20 heavy (non-hydrogen) atoms. The number of carbonyl (C=O) groups is 1. The van der Waals surface area contributed by atoms with E-state index in [-0.39, 0.29) is 6.61 Å². The Hall–Kier alpha value is -1.84. The van der Waals surface area contributed by atoms with Crippen LogP contribution in [0.4, 0.5) is 0 Å². The summed E-state index contributed by atoms with van der Waals surface area (Å²) < 4.78 is 0. The van der Waals surface area contributed by atoms with Crippen LogP contribution in [0.1, 0.15) is 10.4 Å². The zero-order chi connectivity index (χ0) is 13.9. The normalized spacial score (nSPS) is 11.1. The summed E-state index contributed by atoms with van der Waals surface area (Å²) >= 11 is 1.63. The first-order chi connectivity index (χ1) is 9.86. The first kappa shape index (κ1) is 13.2.